The van der Waals surface area contributed by atoms with Gasteiger partial charge in [-0.05, 0) is 17.7 Å². The Hall–Kier alpha value is -2.40. The highest BCUT2D eigenvalue weighted by molar-refractivity contribution is 5.85. The van der Waals surface area contributed by atoms with Crippen LogP contribution in [0.15, 0.2) is 54.6 Å². The Morgan fingerprint density at radius 2 is 1.86 bits per heavy atom. The van der Waals surface area contributed by atoms with Crippen molar-refractivity contribution < 1.29 is 13.9 Å². The van der Waals surface area contributed by atoms with Crippen molar-refractivity contribution in [2.45, 2.75) is 12.0 Å². The smallest absolute Gasteiger partial charge is 0.242 e. The van der Waals surface area contributed by atoms with E-state index in [-0.39, 0.29) is 18.8 Å². The Labute approximate surface area is 122 Å². The number of halogens is 1. The molecule has 1 atom stereocenters. The number of hydrogen-bond acceptors (Lipinski definition) is 3. The molecule has 0 spiro atoms. The van der Waals surface area contributed by atoms with Gasteiger partial charge >= 0.3 is 0 Å². The lowest BCUT2D eigenvalue weighted by molar-refractivity contribution is -0.124. The minimum absolute atomic E-state index is 0.151. The van der Waals surface area contributed by atoms with Gasteiger partial charge in [-0.25, -0.2) is 4.39 Å². The molecule has 21 heavy (non-hydrogen) atoms. The van der Waals surface area contributed by atoms with Gasteiger partial charge in [-0.2, -0.15) is 0 Å². The highest BCUT2D eigenvalue weighted by Crippen LogP contribution is 2.22. The van der Waals surface area contributed by atoms with Crippen molar-refractivity contribution in [3.05, 3.63) is 66.0 Å². The van der Waals surface area contributed by atoms with Gasteiger partial charge in [0.1, 0.15) is 17.1 Å². The lowest BCUT2D eigenvalue weighted by atomic mass is 9.87. The lowest BCUT2D eigenvalue weighted by Crippen LogP contribution is -2.50. The minimum Gasteiger partial charge on any atom is -0.493 e. The first kappa shape index (κ1) is 15.0. The van der Waals surface area contributed by atoms with Crippen LogP contribution in [0.25, 0.3) is 0 Å². The van der Waals surface area contributed by atoms with E-state index in [2.05, 4.69) is 0 Å². The number of hydrogen-bond donors (Lipinski definition) is 2. The summed E-state index contributed by atoms with van der Waals surface area (Å²) in [6.45, 7) is 0.151. The average molecular weight is 288 g/mol. The van der Waals surface area contributed by atoms with Crippen LogP contribution in [0.1, 0.15) is 12.0 Å². The molecule has 2 aromatic rings. The van der Waals surface area contributed by atoms with E-state index in [1.54, 1.807) is 36.4 Å². The quantitative estimate of drug-likeness (QED) is 0.852. The molecule has 1 amide bonds. The maximum Gasteiger partial charge on any atom is 0.242 e. The van der Waals surface area contributed by atoms with Crippen molar-refractivity contribution in [1.29, 1.82) is 0 Å². The van der Waals surface area contributed by atoms with Gasteiger partial charge in [0.05, 0.1) is 6.61 Å². The Balaban J connectivity index is 2.06. The fraction of sp³-hybridized carbons (Fsp3) is 0.188. The molecular formula is C16H17FN2O2. The van der Waals surface area contributed by atoms with E-state index in [4.69, 9.17) is 16.2 Å². The highest BCUT2D eigenvalue weighted by Gasteiger charge is 2.33. The molecule has 0 saturated heterocycles. The second kappa shape index (κ2) is 6.37. The number of benzene rings is 2. The molecule has 5 heteroatoms. The van der Waals surface area contributed by atoms with E-state index in [1.165, 1.54) is 12.1 Å². The molecular weight excluding hydrogens is 271 g/mol. The lowest BCUT2D eigenvalue weighted by Gasteiger charge is -2.26. The van der Waals surface area contributed by atoms with Crippen molar-refractivity contribution in [3.63, 3.8) is 0 Å². The topological polar surface area (TPSA) is 78.3 Å². The Morgan fingerprint density at radius 1 is 1.14 bits per heavy atom. The summed E-state index contributed by atoms with van der Waals surface area (Å²) in [6, 6.07) is 14.7. The van der Waals surface area contributed by atoms with E-state index in [0.29, 0.717) is 11.3 Å². The van der Waals surface area contributed by atoms with Crippen LogP contribution in [0.2, 0.25) is 0 Å². The van der Waals surface area contributed by atoms with Gasteiger partial charge in [0.2, 0.25) is 5.91 Å². The SMILES string of the molecule is NC(=O)C(N)(CCOc1cccc(F)c1)c1ccccc1. The first-order valence-corrected chi connectivity index (χ1v) is 6.55. The van der Waals surface area contributed by atoms with Crippen LogP contribution < -0.4 is 16.2 Å². The third-order valence-electron chi connectivity index (χ3n) is 3.29. The Kier molecular flexibility index (Phi) is 4.55. The van der Waals surface area contributed by atoms with Crippen molar-refractivity contribution >= 4 is 5.91 Å². The molecule has 0 aliphatic carbocycles. The van der Waals surface area contributed by atoms with Crippen LogP contribution in [0, 0.1) is 5.82 Å². The summed E-state index contributed by atoms with van der Waals surface area (Å²) >= 11 is 0. The normalized spacial score (nSPS) is 13.4. The second-order valence-electron chi connectivity index (χ2n) is 4.76. The monoisotopic (exact) mass is 288 g/mol. The fourth-order valence-corrected chi connectivity index (χ4v) is 2.03. The Bertz CT molecular complexity index is 619. The summed E-state index contributed by atoms with van der Waals surface area (Å²) in [6.07, 6.45) is 0.197. The predicted molar refractivity (Wildman–Crippen MR) is 78.0 cm³/mol. The van der Waals surface area contributed by atoms with Crippen molar-refractivity contribution in [2.75, 3.05) is 6.61 Å². The van der Waals surface area contributed by atoms with Gasteiger partial charge in [0, 0.05) is 12.5 Å². The van der Waals surface area contributed by atoms with Gasteiger partial charge in [-0.1, -0.05) is 36.4 Å². The maximum absolute atomic E-state index is 13.0. The van der Waals surface area contributed by atoms with Crippen LogP contribution in [-0.4, -0.2) is 12.5 Å². The first-order valence-electron chi connectivity index (χ1n) is 6.55. The third-order valence-corrected chi connectivity index (χ3v) is 3.29. The third kappa shape index (κ3) is 3.58. The zero-order chi connectivity index (χ0) is 15.3. The van der Waals surface area contributed by atoms with Gasteiger partial charge < -0.3 is 16.2 Å². The molecule has 4 N–H and O–H groups in total. The summed E-state index contributed by atoms with van der Waals surface area (Å²) in [5.74, 6) is -0.629. The molecule has 110 valence electrons. The highest BCUT2D eigenvalue weighted by atomic mass is 19.1. The zero-order valence-electron chi connectivity index (χ0n) is 11.5. The number of primary amides is 1. The minimum atomic E-state index is -1.31. The fourth-order valence-electron chi connectivity index (χ4n) is 2.03. The maximum atomic E-state index is 13.0. The van der Waals surface area contributed by atoms with Gasteiger partial charge in [0.15, 0.2) is 0 Å². The van der Waals surface area contributed by atoms with Crippen LogP contribution in [0.4, 0.5) is 4.39 Å². The van der Waals surface area contributed by atoms with Gasteiger partial charge in [0.25, 0.3) is 0 Å². The molecule has 0 aliphatic rings. The summed E-state index contributed by atoms with van der Waals surface area (Å²) in [5.41, 5.74) is 10.9. The van der Waals surface area contributed by atoms with Gasteiger partial charge in [-0.15, -0.1) is 0 Å². The molecule has 4 nitrogen and oxygen atoms in total. The van der Waals surface area contributed by atoms with Crippen molar-refractivity contribution in [1.82, 2.24) is 0 Å². The van der Waals surface area contributed by atoms with Crippen LogP contribution in [0.3, 0.4) is 0 Å². The number of rotatable bonds is 6. The number of amides is 1. The summed E-state index contributed by atoms with van der Waals surface area (Å²) in [4.78, 5) is 11.7. The molecule has 0 saturated carbocycles. The molecule has 2 aromatic carbocycles. The largest absolute Gasteiger partial charge is 0.493 e. The van der Waals surface area contributed by atoms with Crippen molar-refractivity contribution in [3.8, 4) is 5.75 Å². The molecule has 0 radical (unpaired) electrons. The van der Waals surface area contributed by atoms with E-state index in [1.807, 2.05) is 6.07 Å². The first-order chi connectivity index (χ1) is 10.0. The standard InChI is InChI=1S/C16H17FN2O2/c17-13-7-4-8-14(11-13)21-10-9-16(19,15(18)20)12-5-2-1-3-6-12/h1-8,11H,9-10,19H2,(H2,18,20). The Morgan fingerprint density at radius 3 is 2.48 bits per heavy atom. The molecule has 0 aliphatic heterocycles. The zero-order valence-corrected chi connectivity index (χ0v) is 11.5. The summed E-state index contributed by atoms with van der Waals surface area (Å²) in [7, 11) is 0. The van der Waals surface area contributed by atoms with Crippen LogP contribution >= 0.6 is 0 Å². The predicted octanol–water partition coefficient (Wildman–Crippen LogP) is 1.93. The molecule has 0 fully saturated rings. The second-order valence-corrected chi connectivity index (χ2v) is 4.76. The number of carbonyl (C=O) groups is 1. The molecule has 0 bridgehead atoms. The van der Waals surface area contributed by atoms with Crippen molar-refractivity contribution in [2.24, 2.45) is 11.5 Å². The van der Waals surface area contributed by atoms with Crippen LogP contribution in [-0.2, 0) is 10.3 Å². The van der Waals surface area contributed by atoms with Gasteiger partial charge in [-0.3, -0.25) is 4.79 Å². The number of nitrogens with two attached hydrogens (primary N) is 2. The van der Waals surface area contributed by atoms with Crippen LogP contribution in [0.5, 0.6) is 5.75 Å². The number of ether oxygens (including phenoxy) is 1. The molecule has 0 heterocycles. The van der Waals surface area contributed by atoms with E-state index >= 15 is 0 Å². The molecule has 2 rings (SSSR count). The van der Waals surface area contributed by atoms with E-state index in [9.17, 15) is 9.18 Å². The van der Waals surface area contributed by atoms with E-state index < -0.39 is 11.4 Å². The van der Waals surface area contributed by atoms with E-state index in [0.717, 1.165) is 0 Å². The average Bonchev–Trinajstić information content (AvgIpc) is 2.48. The molecule has 0 aromatic heterocycles. The summed E-state index contributed by atoms with van der Waals surface area (Å²) in [5, 5.41) is 0. The number of carbonyl (C=O) groups excluding carboxylic acids is 1. The summed E-state index contributed by atoms with van der Waals surface area (Å²) < 4.78 is 18.5. The molecule has 1 unspecified atom stereocenters.